The van der Waals surface area contributed by atoms with Crippen molar-refractivity contribution in [3.63, 3.8) is 0 Å². The number of carbonyl (C=O) groups is 2. The number of methoxy groups -OCH3 is 1. The number of ketones is 1. The Morgan fingerprint density at radius 1 is 1.35 bits per heavy atom. The minimum Gasteiger partial charge on any atom is -0.466 e. The van der Waals surface area contributed by atoms with E-state index in [0.29, 0.717) is 10.6 Å². The van der Waals surface area contributed by atoms with Crippen LogP contribution in [0.1, 0.15) is 10.4 Å². The highest BCUT2D eigenvalue weighted by molar-refractivity contribution is 7.98. The van der Waals surface area contributed by atoms with E-state index in [1.54, 1.807) is 18.2 Å². The van der Waals surface area contributed by atoms with Crippen LogP contribution in [0.25, 0.3) is 0 Å². The maximum absolute atomic E-state index is 11.8. The van der Waals surface area contributed by atoms with Gasteiger partial charge in [0.15, 0.2) is 5.78 Å². The molecule has 0 aliphatic rings. The van der Waals surface area contributed by atoms with Gasteiger partial charge in [0.05, 0.1) is 7.11 Å². The van der Waals surface area contributed by atoms with Crippen LogP contribution >= 0.6 is 23.4 Å². The second-order valence-electron chi connectivity index (χ2n) is 3.07. The van der Waals surface area contributed by atoms with Gasteiger partial charge in [0.2, 0.25) is 0 Å². The molecule has 0 saturated heterocycles. The van der Waals surface area contributed by atoms with E-state index in [-0.39, 0.29) is 5.78 Å². The number of hydrogen-bond acceptors (Lipinski definition) is 4. The van der Waals surface area contributed by atoms with Crippen molar-refractivity contribution in [3.05, 3.63) is 40.9 Å². The maximum Gasteiger partial charge on any atom is 0.330 e. The minimum atomic E-state index is -0.564. The number of thioether (sulfide) groups is 1. The molecule has 0 amide bonds. The lowest BCUT2D eigenvalue weighted by Gasteiger charge is -2.04. The van der Waals surface area contributed by atoms with Crippen LogP contribution in [0.15, 0.2) is 35.2 Å². The molecule has 0 fully saturated rings. The largest absolute Gasteiger partial charge is 0.466 e. The molecule has 90 valence electrons. The van der Waals surface area contributed by atoms with Crippen LogP contribution < -0.4 is 0 Å². The summed E-state index contributed by atoms with van der Waals surface area (Å²) in [7, 11) is 1.25. The van der Waals surface area contributed by atoms with Crippen molar-refractivity contribution >= 4 is 35.1 Å². The number of benzene rings is 1. The van der Waals surface area contributed by atoms with Gasteiger partial charge in [-0.2, -0.15) is 0 Å². The van der Waals surface area contributed by atoms with Crippen LogP contribution in [0, 0.1) is 0 Å². The van der Waals surface area contributed by atoms with Crippen molar-refractivity contribution < 1.29 is 14.3 Å². The van der Waals surface area contributed by atoms with Crippen molar-refractivity contribution in [1.82, 2.24) is 0 Å². The summed E-state index contributed by atoms with van der Waals surface area (Å²) in [6, 6.07) is 5.07. The third-order valence-electron chi connectivity index (χ3n) is 2.00. The quantitative estimate of drug-likeness (QED) is 0.365. The average molecular weight is 271 g/mol. The second kappa shape index (κ2) is 6.47. The van der Waals surface area contributed by atoms with Gasteiger partial charge in [0.1, 0.15) is 0 Å². The summed E-state index contributed by atoms with van der Waals surface area (Å²) in [5, 5.41) is 0.484. The summed E-state index contributed by atoms with van der Waals surface area (Å²) in [6.45, 7) is 0. The Morgan fingerprint density at radius 2 is 2.06 bits per heavy atom. The summed E-state index contributed by atoms with van der Waals surface area (Å²) in [6.07, 6.45) is 4.13. The third kappa shape index (κ3) is 3.91. The molecule has 0 aromatic heterocycles. The molecule has 0 aliphatic heterocycles. The van der Waals surface area contributed by atoms with Gasteiger partial charge in [-0.15, -0.1) is 11.8 Å². The highest BCUT2D eigenvalue weighted by Crippen LogP contribution is 2.24. The Kier molecular flexibility index (Phi) is 5.25. The normalized spacial score (nSPS) is 10.5. The van der Waals surface area contributed by atoms with Gasteiger partial charge >= 0.3 is 5.97 Å². The lowest BCUT2D eigenvalue weighted by molar-refractivity contribution is -0.134. The zero-order valence-corrected chi connectivity index (χ0v) is 11.0. The topological polar surface area (TPSA) is 43.4 Å². The molecule has 17 heavy (non-hydrogen) atoms. The molecule has 0 atom stereocenters. The van der Waals surface area contributed by atoms with Crippen LogP contribution in [0.2, 0.25) is 5.02 Å². The molecule has 1 rings (SSSR count). The van der Waals surface area contributed by atoms with Crippen LogP contribution in [-0.4, -0.2) is 25.1 Å². The standard InChI is InChI=1S/C12H11ClO3S/c1-16-12(15)6-4-10(14)9-7-8(13)3-5-11(9)17-2/h3-7H,1-2H3/b6-4+. The first-order valence-electron chi connectivity index (χ1n) is 4.72. The Hall–Kier alpha value is -1.26. The van der Waals surface area contributed by atoms with Crippen LogP contribution in [0.3, 0.4) is 0 Å². The van der Waals surface area contributed by atoms with E-state index in [1.807, 2.05) is 6.26 Å². The second-order valence-corrected chi connectivity index (χ2v) is 4.35. The highest BCUT2D eigenvalue weighted by atomic mass is 35.5. The fourth-order valence-electron chi connectivity index (χ4n) is 1.17. The van der Waals surface area contributed by atoms with Crippen LogP contribution in [-0.2, 0) is 9.53 Å². The van der Waals surface area contributed by atoms with Gasteiger partial charge in [-0.25, -0.2) is 4.79 Å². The van der Waals surface area contributed by atoms with Gasteiger partial charge in [-0.05, 0) is 30.5 Å². The van der Waals surface area contributed by atoms with Crippen molar-refractivity contribution in [2.75, 3.05) is 13.4 Å². The molecular formula is C12H11ClO3S. The monoisotopic (exact) mass is 270 g/mol. The molecule has 1 aromatic carbocycles. The predicted octanol–water partition coefficient (Wildman–Crippen LogP) is 2.97. The van der Waals surface area contributed by atoms with Gasteiger partial charge < -0.3 is 4.74 Å². The molecule has 0 saturated carbocycles. The molecule has 0 spiro atoms. The number of ether oxygens (including phenoxy) is 1. The minimum absolute atomic E-state index is 0.276. The Balaban J connectivity index is 2.99. The first kappa shape index (κ1) is 13.8. The number of esters is 1. The molecule has 0 bridgehead atoms. The van der Waals surface area contributed by atoms with Crippen molar-refractivity contribution in [2.45, 2.75) is 4.90 Å². The van der Waals surface area contributed by atoms with E-state index < -0.39 is 5.97 Å². The van der Waals surface area contributed by atoms with Crippen molar-refractivity contribution in [2.24, 2.45) is 0 Å². The van der Waals surface area contributed by atoms with Crippen molar-refractivity contribution in [1.29, 1.82) is 0 Å². The van der Waals surface area contributed by atoms with Crippen LogP contribution in [0.5, 0.6) is 0 Å². The molecule has 0 aliphatic carbocycles. The number of allylic oxidation sites excluding steroid dienone is 1. The molecule has 3 nitrogen and oxygen atoms in total. The maximum atomic E-state index is 11.8. The van der Waals surface area contributed by atoms with E-state index in [4.69, 9.17) is 11.6 Å². The SMILES string of the molecule is COC(=O)/C=C/C(=O)c1cc(Cl)ccc1SC. The summed E-state index contributed by atoms with van der Waals surface area (Å²) < 4.78 is 4.41. The zero-order chi connectivity index (χ0) is 12.8. The molecule has 0 N–H and O–H groups in total. The molecule has 0 unspecified atom stereocenters. The molecule has 0 radical (unpaired) electrons. The van der Waals surface area contributed by atoms with Gasteiger partial charge in [0, 0.05) is 21.6 Å². The average Bonchev–Trinajstić information content (AvgIpc) is 2.35. The van der Waals surface area contributed by atoms with E-state index in [1.165, 1.54) is 24.9 Å². The number of carbonyl (C=O) groups excluding carboxylic acids is 2. The molecule has 0 heterocycles. The van der Waals surface area contributed by atoms with E-state index >= 15 is 0 Å². The van der Waals surface area contributed by atoms with Gasteiger partial charge in [0.25, 0.3) is 0 Å². The summed E-state index contributed by atoms with van der Waals surface area (Å²) in [4.78, 5) is 23.5. The van der Waals surface area contributed by atoms with Crippen LogP contribution in [0.4, 0.5) is 0 Å². The first-order chi connectivity index (χ1) is 8.08. The molecular weight excluding hydrogens is 260 g/mol. The molecule has 1 aromatic rings. The lowest BCUT2D eigenvalue weighted by Crippen LogP contribution is -2.00. The number of hydrogen-bond donors (Lipinski definition) is 0. The summed E-state index contributed by atoms with van der Waals surface area (Å²) >= 11 is 7.27. The smallest absolute Gasteiger partial charge is 0.330 e. The Labute approximate surface area is 109 Å². The number of rotatable bonds is 4. The Morgan fingerprint density at radius 3 is 2.65 bits per heavy atom. The van der Waals surface area contributed by atoms with Gasteiger partial charge in [-0.3, -0.25) is 4.79 Å². The zero-order valence-electron chi connectivity index (χ0n) is 9.40. The predicted molar refractivity (Wildman–Crippen MR) is 68.7 cm³/mol. The van der Waals surface area contributed by atoms with E-state index in [0.717, 1.165) is 11.0 Å². The fourth-order valence-corrected chi connectivity index (χ4v) is 1.93. The summed E-state index contributed by atoms with van der Waals surface area (Å²) in [5.74, 6) is -0.840. The van der Waals surface area contributed by atoms with Gasteiger partial charge in [-0.1, -0.05) is 11.6 Å². The fraction of sp³-hybridized carbons (Fsp3) is 0.167. The van der Waals surface area contributed by atoms with E-state index in [9.17, 15) is 9.59 Å². The highest BCUT2D eigenvalue weighted by Gasteiger charge is 2.09. The number of halogens is 1. The third-order valence-corrected chi connectivity index (χ3v) is 3.03. The first-order valence-corrected chi connectivity index (χ1v) is 6.32. The van der Waals surface area contributed by atoms with Crippen molar-refractivity contribution in [3.8, 4) is 0 Å². The lowest BCUT2D eigenvalue weighted by atomic mass is 10.1. The Bertz CT molecular complexity index is 469. The molecule has 5 heteroatoms. The van der Waals surface area contributed by atoms with E-state index in [2.05, 4.69) is 4.74 Å². The summed E-state index contributed by atoms with van der Waals surface area (Å²) in [5.41, 5.74) is 0.477.